The lowest BCUT2D eigenvalue weighted by atomic mass is 10.1. The van der Waals surface area contributed by atoms with Crippen molar-refractivity contribution in [1.29, 1.82) is 0 Å². The van der Waals surface area contributed by atoms with Crippen LogP contribution in [0.1, 0.15) is 15.9 Å². The van der Waals surface area contributed by atoms with Gasteiger partial charge in [0.25, 0.3) is 5.91 Å². The van der Waals surface area contributed by atoms with Gasteiger partial charge in [-0.2, -0.15) is 0 Å². The van der Waals surface area contributed by atoms with Crippen molar-refractivity contribution in [2.45, 2.75) is 6.54 Å². The summed E-state index contributed by atoms with van der Waals surface area (Å²) < 4.78 is 0.882. The van der Waals surface area contributed by atoms with E-state index >= 15 is 0 Å². The Bertz CT molecular complexity index is 804. The van der Waals surface area contributed by atoms with E-state index in [2.05, 4.69) is 31.2 Å². The molecule has 0 saturated heterocycles. The second-order valence-electron chi connectivity index (χ2n) is 4.99. The maximum atomic E-state index is 12.1. The van der Waals surface area contributed by atoms with Crippen molar-refractivity contribution >= 4 is 21.8 Å². The van der Waals surface area contributed by atoms with E-state index in [1.807, 2.05) is 36.4 Å². The molecule has 0 unspecified atom stereocenters. The van der Waals surface area contributed by atoms with Crippen molar-refractivity contribution in [3.63, 3.8) is 0 Å². The highest BCUT2D eigenvalue weighted by molar-refractivity contribution is 9.10. The van der Waals surface area contributed by atoms with Crippen LogP contribution in [-0.4, -0.2) is 15.9 Å². The Labute approximate surface area is 142 Å². The zero-order valence-corrected chi connectivity index (χ0v) is 13.8. The lowest BCUT2D eigenvalue weighted by Crippen LogP contribution is -2.22. The predicted molar refractivity (Wildman–Crippen MR) is 92.8 cm³/mol. The normalized spacial score (nSPS) is 10.3. The van der Waals surface area contributed by atoms with Crippen molar-refractivity contribution in [1.82, 2.24) is 15.3 Å². The fourth-order valence-electron chi connectivity index (χ4n) is 2.13. The Morgan fingerprint density at radius 3 is 2.70 bits per heavy atom. The number of rotatable bonds is 4. The molecule has 5 heteroatoms. The molecule has 1 amide bonds. The van der Waals surface area contributed by atoms with Gasteiger partial charge in [0.15, 0.2) is 0 Å². The van der Waals surface area contributed by atoms with Crippen LogP contribution >= 0.6 is 15.9 Å². The van der Waals surface area contributed by atoms with Crippen LogP contribution in [0.2, 0.25) is 0 Å². The number of nitrogens with zero attached hydrogens (tertiary/aromatic N) is 2. The first kappa shape index (κ1) is 15.4. The molecular formula is C18H14BrN3O. The van der Waals surface area contributed by atoms with Crippen LogP contribution in [0, 0.1) is 0 Å². The fraction of sp³-hybridized carbons (Fsp3) is 0.0556. The molecule has 1 aromatic carbocycles. The van der Waals surface area contributed by atoms with E-state index in [1.165, 1.54) is 0 Å². The minimum absolute atomic E-state index is 0.109. The summed E-state index contributed by atoms with van der Waals surface area (Å²) in [6.07, 6.45) is 5.27. The topological polar surface area (TPSA) is 54.9 Å². The number of hydrogen-bond donors (Lipinski definition) is 1. The molecule has 0 atom stereocenters. The number of halogens is 1. The van der Waals surface area contributed by atoms with Crippen LogP contribution in [0.3, 0.4) is 0 Å². The monoisotopic (exact) mass is 367 g/mol. The largest absolute Gasteiger partial charge is 0.348 e. The van der Waals surface area contributed by atoms with Crippen molar-refractivity contribution in [3.8, 4) is 11.3 Å². The summed E-state index contributed by atoms with van der Waals surface area (Å²) in [5.74, 6) is -0.109. The van der Waals surface area contributed by atoms with Gasteiger partial charge in [0.2, 0.25) is 0 Å². The van der Waals surface area contributed by atoms with Crippen molar-refractivity contribution in [3.05, 3.63) is 82.7 Å². The number of pyridine rings is 2. The van der Waals surface area contributed by atoms with E-state index < -0.39 is 0 Å². The number of hydrogen-bond acceptors (Lipinski definition) is 3. The quantitative estimate of drug-likeness (QED) is 0.762. The first-order chi connectivity index (χ1) is 11.2. The molecule has 2 aromatic heterocycles. The Morgan fingerprint density at radius 2 is 2.00 bits per heavy atom. The van der Waals surface area contributed by atoms with Crippen molar-refractivity contribution in [2.24, 2.45) is 0 Å². The van der Waals surface area contributed by atoms with Crippen LogP contribution in [-0.2, 0) is 6.54 Å². The minimum atomic E-state index is -0.109. The Balaban J connectivity index is 1.64. The maximum Gasteiger partial charge on any atom is 0.251 e. The minimum Gasteiger partial charge on any atom is -0.348 e. The molecule has 4 nitrogen and oxygen atoms in total. The second kappa shape index (κ2) is 7.15. The highest BCUT2D eigenvalue weighted by atomic mass is 79.9. The van der Waals surface area contributed by atoms with Crippen LogP contribution in [0.15, 0.2) is 71.6 Å². The number of aromatic nitrogens is 2. The summed E-state index contributed by atoms with van der Waals surface area (Å²) in [7, 11) is 0. The van der Waals surface area contributed by atoms with Gasteiger partial charge in [0.1, 0.15) is 0 Å². The van der Waals surface area contributed by atoms with Gasteiger partial charge in [0, 0.05) is 40.7 Å². The first-order valence-electron chi connectivity index (χ1n) is 7.11. The van der Waals surface area contributed by atoms with E-state index in [0.717, 1.165) is 21.3 Å². The standard InChI is InChI=1S/C18H14BrN3O/c19-16-5-1-3-14(9-16)18(23)22-11-13-6-7-17(21-10-13)15-4-2-8-20-12-15/h1-10,12H,11H2,(H,22,23). The van der Waals surface area contributed by atoms with Crippen molar-refractivity contribution < 1.29 is 4.79 Å². The third-order valence-corrected chi connectivity index (χ3v) is 3.82. The Hall–Kier alpha value is -2.53. The molecule has 0 radical (unpaired) electrons. The van der Waals surface area contributed by atoms with Crippen LogP contribution in [0.4, 0.5) is 0 Å². The number of carbonyl (C=O) groups is 1. The number of nitrogens with one attached hydrogen (secondary N) is 1. The second-order valence-corrected chi connectivity index (χ2v) is 5.90. The lowest BCUT2D eigenvalue weighted by molar-refractivity contribution is 0.0951. The summed E-state index contributed by atoms with van der Waals surface area (Å²) in [6.45, 7) is 0.436. The van der Waals surface area contributed by atoms with E-state index in [0.29, 0.717) is 12.1 Å². The van der Waals surface area contributed by atoms with E-state index in [9.17, 15) is 4.79 Å². The Morgan fingerprint density at radius 1 is 1.09 bits per heavy atom. The van der Waals surface area contributed by atoms with Crippen molar-refractivity contribution in [2.75, 3.05) is 0 Å². The van der Waals surface area contributed by atoms with Gasteiger partial charge in [-0.3, -0.25) is 14.8 Å². The molecule has 0 aliphatic rings. The molecule has 1 N–H and O–H groups in total. The SMILES string of the molecule is O=C(NCc1ccc(-c2cccnc2)nc1)c1cccc(Br)c1. The molecule has 0 bridgehead atoms. The smallest absolute Gasteiger partial charge is 0.251 e. The van der Waals surface area contributed by atoms with Gasteiger partial charge < -0.3 is 5.32 Å². The third kappa shape index (κ3) is 4.02. The average Bonchev–Trinajstić information content (AvgIpc) is 2.61. The first-order valence-corrected chi connectivity index (χ1v) is 7.91. The third-order valence-electron chi connectivity index (χ3n) is 3.32. The number of amides is 1. The summed E-state index contributed by atoms with van der Waals surface area (Å²) in [6, 6.07) is 15.0. The summed E-state index contributed by atoms with van der Waals surface area (Å²) in [5.41, 5.74) is 3.40. The molecule has 23 heavy (non-hydrogen) atoms. The highest BCUT2D eigenvalue weighted by Gasteiger charge is 2.06. The van der Waals surface area contributed by atoms with E-state index in [4.69, 9.17) is 0 Å². The zero-order valence-electron chi connectivity index (χ0n) is 12.2. The van der Waals surface area contributed by atoms with Crippen LogP contribution in [0.25, 0.3) is 11.3 Å². The maximum absolute atomic E-state index is 12.1. The fourth-order valence-corrected chi connectivity index (χ4v) is 2.53. The summed E-state index contributed by atoms with van der Waals surface area (Å²) in [4.78, 5) is 20.6. The van der Waals surface area contributed by atoms with Gasteiger partial charge in [-0.05, 0) is 42.0 Å². The highest BCUT2D eigenvalue weighted by Crippen LogP contribution is 2.15. The zero-order chi connectivity index (χ0) is 16.1. The van der Waals surface area contributed by atoms with Gasteiger partial charge in [-0.1, -0.05) is 28.1 Å². The molecule has 0 spiro atoms. The molecule has 2 heterocycles. The lowest BCUT2D eigenvalue weighted by Gasteiger charge is -2.06. The summed E-state index contributed by atoms with van der Waals surface area (Å²) in [5, 5.41) is 2.89. The van der Waals surface area contributed by atoms with Gasteiger partial charge >= 0.3 is 0 Å². The molecule has 3 rings (SSSR count). The predicted octanol–water partition coefficient (Wildman–Crippen LogP) is 3.84. The number of carbonyl (C=O) groups excluding carboxylic acids is 1. The Kier molecular flexibility index (Phi) is 4.78. The molecule has 3 aromatic rings. The van der Waals surface area contributed by atoms with Crippen LogP contribution in [0.5, 0.6) is 0 Å². The van der Waals surface area contributed by atoms with E-state index in [-0.39, 0.29) is 5.91 Å². The molecular weight excluding hydrogens is 354 g/mol. The molecule has 114 valence electrons. The van der Waals surface area contributed by atoms with Gasteiger partial charge in [-0.15, -0.1) is 0 Å². The number of benzene rings is 1. The summed E-state index contributed by atoms with van der Waals surface area (Å²) >= 11 is 3.36. The van der Waals surface area contributed by atoms with Gasteiger partial charge in [0.05, 0.1) is 5.69 Å². The molecule has 0 fully saturated rings. The van der Waals surface area contributed by atoms with Crippen LogP contribution < -0.4 is 5.32 Å². The van der Waals surface area contributed by atoms with E-state index in [1.54, 1.807) is 30.7 Å². The average molecular weight is 368 g/mol. The van der Waals surface area contributed by atoms with Gasteiger partial charge in [-0.25, -0.2) is 0 Å². The molecule has 0 saturated carbocycles. The molecule has 0 aliphatic carbocycles. The molecule has 0 aliphatic heterocycles.